The molecule has 0 spiro atoms. The topological polar surface area (TPSA) is 107 Å². The Morgan fingerprint density at radius 3 is 2.65 bits per heavy atom. The van der Waals surface area contributed by atoms with Gasteiger partial charge in [-0.05, 0) is 22.8 Å². The van der Waals surface area contributed by atoms with E-state index in [1.807, 2.05) is 42.5 Å². The molecule has 0 saturated heterocycles. The van der Waals surface area contributed by atoms with Crippen LogP contribution < -0.4 is 0 Å². The van der Waals surface area contributed by atoms with Crippen molar-refractivity contribution in [3.05, 3.63) is 65.7 Å². The first-order valence-corrected chi connectivity index (χ1v) is 8.25. The predicted octanol–water partition coefficient (Wildman–Crippen LogP) is 2.29. The minimum atomic E-state index is -1.24. The van der Waals surface area contributed by atoms with Gasteiger partial charge in [0, 0.05) is 19.7 Å². The average Bonchev–Trinajstić information content (AvgIpc) is 3.15. The second-order valence-corrected chi connectivity index (χ2v) is 5.87. The number of hydrogen-bond donors (Lipinski definition) is 3. The normalized spacial score (nSPS) is 10.8. The van der Waals surface area contributed by atoms with Crippen molar-refractivity contribution in [2.75, 3.05) is 13.2 Å². The van der Waals surface area contributed by atoms with Gasteiger partial charge in [-0.3, -0.25) is 4.79 Å². The SMILES string of the molecule is O=C(O)c1[nH]cnc1C(=O)N(CCCO)Cc1cccc2ccccc12. The number of fused-ring (bicyclic) bond motifs is 1. The number of aromatic nitrogens is 2. The summed E-state index contributed by atoms with van der Waals surface area (Å²) in [4.78, 5) is 32.0. The number of imidazole rings is 1. The summed E-state index contributed by atoms with van der Waals surface area (Å²) in [5, 5.41) is 20.5. The molecule has 0 aliphatic rings. The van der Waals surface area contributed by atoms with E-state index in [0.717, 1.165) is 16.3 Å². The monoisotopic (exact) mass is 353 g/mol. The Bertz CT molecular complexity index is 930. The van der Waals surface area contributed by atoms with Crippen LogP contribution in [0.1, 0.15) is 33.0 Å². The molecule has 2 aromatic carbocycles. The third kappa shape index (κ3) is 3.57. The van der Waals surface area contributed by atoms with Crippen molar-refractivity contribution in [3.63, 3.8) is 0 Å². The molecule has 0 aliphatic heterocycles. The average molecular weight is 353 g/mol. The lowest BCUT2D eigenvalue weighted by Crippen LogP contribution is -2.33. The number of H-pyrrole nitrogens is 1. The molecule has 7 heteroatoms. The van der Waals surface area contributed by atoms with Crippen molar-refractivity contribution >= 4 is 22.6 Å². The van der Waals surface area contributed by atoms with Gasteiger partial charge < -0.3 is 20.1 Å². The first-order chi connectivity index (χ1) is 12.6. The molecular weight excluding hydrogens is 334 g/mol. The molecule has 0 aliphatic carbocycles. The molecule has 1 amide bonds. The Hall–Kier alpha value is -3.19. The highest BCUT2D eigenvalue weighted by Gasteiger charge is 2.25. The van der Waals surface area contributed by atoms with Crippen LogP contribution in [0.5, 0.6) is 0 Å². The molecule has 3 rings (SSSR count). The van der Waals surface area contributed by atoms with Crippen LogP contribution in [0.3, 0.4) is 0 Å². The Morgan fingerprint density at radius 2 is 1.88 bits per heavy atom. The highest BCUT2D eigenvalue weighted by Crippen LogP contribution is 2.21. The van der Waals surface area contributed by atoms with Gasteiger partial charge in [0.05, 0.1) is 6.33 Å². The van der Waals surface area contributed by atoms with Gasteiger partial charge >= 0.3 is 5.97 Å². The van der Waals surface area contributed by atoms with E-state index in [4.69, 9.17) is 5.11 Å². The number of aromatic carboxylic acids is 1. The fourth-order valence-corrected chi connectivity index (χ4v) is 2.92. The summed E-state index contributed by atoms with van der Waals surface area (Å²) in [7, 11) is 0. The lowest BCUT2D eigenvalue weighted by Gasteiger charge is -2.23. The van der Waals surface area contributed by atoms with Gasteiger partial charge in [-0.1, -0.05) is 42.5 Å². The van der Waals surface area contributed by atoms with Crippen LogP contribution >= 0.6 is 0 Å². The van der Waals surface area contributed by atoms with Crippen LogP contribution in [0, 0.1) is 0 Å². The summed E-state index contributed by atoms with van der Waals surface area (Å²) in [5.74, 6) is -1.72. The van der Waals surface area contributed by atoms with E-state index in [1.54, 1.807) is 0 Å². The number of nitrogens with one attached hydrogen (secondary N) is 1. The van der Waals surface area contributed by atoms with E-state index in [2.05, 4.69) is 9.97 Å². The molecule has 0 atom stereocenters. The van der Waals surface area contributed by atoms with Crippen molar-refractivity contribution in [1.82, 2.24) is 14.9 Å². The standard InChI is InChI=1S/C19H19N3O4/c23-10-4-9-22(18(24)16-17(19(25)26)21-12-20-16)11-14-7-3-6-13-5-1-2-8-15(13)14/h1-3,5-8,12,23H,4,9-11H2,(H,20,21)(H,25,26). The van der Waals surface area contributed by atoms with Gasteiger partial charge in [0.15, 0.2) is 11.4 Å². The summed E-state index contributed by atoms with van der Waals surface area (Å²) < 4.78 is 0. The highest BCUT2D eigenvalue weighted by molar-refractivity contribution is 6.02. The minimum Gasteiger partial charge on any atom is -0.477 e. The largest absolute Gasteiger partial charge is 0.477 e. The van der Waals surface area contributed by atoms with Crippen LogP contribution in [0.15, 0.2) is 48.8 Å². The zero-order valence-corrected chi connectivity index (χ0v) is 14.1. The Morgan fingerprint density at radius 1 is 1.12 bits per heavy atom. The molecule has 0 radical (unpaired) electrons. The zero-order chi connectivity index (χ0) is 18.5. The van der Waals surface area contributed by atoms with E-state index in [-0.39, 0.29) is 18.0 Å². The van der Waals surface area contributed by atoms with E-state index in [1.165, 1.54) is 11.2 Å². The molecule has 3 aromatic rings. The molecule has 0 bridgehead atoms. The van der Waals surface area contributed by atoms with Gasteiger partial charge in [-0.15, -0.1) is 0 Å². The van der Waals surface area contributed by atoms with Crippen LogP contribution in [-0.2, 0) is 6.54 Å². The number of hydrogen-bond acceptors (Lipinski definition) is 4. The zero-order valence-electron chi connectivity index (χ0n) is 14.1. The first-order valence-electron chi connectivity index (χ1n) is 8.25. The number of carboxylic acids is 1. The Kier molecular flexibility index (Phi) is 5.28. The molecule has 1 aromatic heterocycles. The second-order valence-electron chi connectivity index (χ2n) is 5.87. The maximum Gasteiger partial charge on any atom is 0.354 e. The number of benzene rings is 2. The van der Waals surface area contributed by atoms with E-state index in [0.29, 0.717) is 19.5 Å². The highest BCUT2D eigenvalue weighted by atomic mass is 16.4. The van der Waals surface area contributed by atoms with Gasteiger partial charge in [0.1, 0.15) is 0 Å². The number of nitrogens with zero attached hydrogens (tertiary/aromatic N) is 2. The van der Waals surface area contributed by atoms with Crippen LogP contribution in [-0.4, -0.2) is 50.1 Å². The van der Waals surface area contributed by atoms with E-state index < -0.39 is 11.9 Å². The molecule has 0 unspecified atom stereocenters. The van der Waals surface area contributed by atoms with Crippen LogP contribution in [0.2, 0.25) is 0 Å². The lowest BCUT2D eigenvalue weighted by atomic mass is 10.0. The number of aliphatic hydroxyl groups excluding tert-OH is 1. The third-order valence-corrected chi connectivity index (χ3v) is 4.17. The van der Waals surface area contributed by atoms with Gasteiger partial charge in [0.2, 0.25) is 0 Å². The summed E-state index contributed by atoms with van der Waals surface area (Å²) in [6, 6.07) is 13.7. The molecule has 134 valence electrons. The fourth-order valence-electron chi connectivity index (χ4n) is 2.92. The molecule has 26 heavy (non-hydrogen) atoms. The number of amides is 1. The van der Waals surface area contributed by atoms with E-state index >= 15 is 0 Å². The number of carbonyl (C=O) groups is 2. The van der Waals surface area contributed by atoms with Crippen molar-refractivity contribution in [1.29, 1.82) is 0 Å². The molecule has 0 fully saturated rings. The van der Waals surface area contributed by atoms with Crippen LogP contribution in [0.25, 0.3) is 10.8 Å². The Balaban J connectivity index is 1.94. The molecule has 3 N–H and O–H groups in total. The molecular formula is C19H19N3O4. The maximum absolute atomic E-state index is 12.9. The fraction of sp³-hybridized carbons (Fsp3) is 0.211. The van der Waals surface area contributed by atoms with Crippen molar-refractivity contribution in [2.45, 2.75) is 13.0 Å². The predicted molar refractivity (Wildman–Crippen MR) is 95.9 cm³/mol. The summed E-state index contributed by atoms with van der Waals surface area (Å²) >= 11 is 0. The lowest BCUT2D eigenvalue weighted by molar-refractivity contribution is 0.0662. The summed E-state index contributed by atoms with van der Waals surface area (Å²) in [6.07, 6.45) is 1.59. The number of rotatable bonds is 7. The number of carbonyl (C=O) groups excluding carboxylic acids is 1. The van der Waals surface area contributed by atoms with E-state index in [9.17, 15) is 14.7 Å². The Labute approximate surface area is 149 Å². The maximum atomic E-state index is 12.9. The molecule has 0 saturated carbocycles. The number of carboxylic acid groups (broad SMARTS) is 1. The van der Waals surface area contributed by atoms with Crippen LogP contribution in [0.4, 0.5) is 0 Å². The third-order valence-electron chi connectivity index (χ3n) is 4.17. The summed E-state index contributed by atoms with van der Waals surface area (Å²) in [6.45, 7) is 0.530. The van der Waals surface area contributed by atoms with Crippen molar-refractivity contribution < 1.29 is 19.8 Å². The summed E-state index contributed by atoms with van der Waals surface area (Å²) in [5.41, 5.74) is 0.583. The number of aromatic amines is 1. The number of aliphatic hydroxyl groups is 1. The van der Waals surface area contributed by atoms with Gasteiger partial charge in [-0.2, -0.15) is 0 Å². The van der Waals surface area contributed by atoms with Crippen molar-refractivity contribution in [3.8, 4) is 0 Å². The second kappa shape index (κ2) is 7.79. The quantitative estimate of drug-likeness (QED) is 0.604. The first kappa shape index (κ1) is 17.6. The molecule has 1 heterocycles. The smallest absolute Gasteiger partial charge is 0.354 e. The van der Waals surface area contributed by atoms with Gasteiger partial charge in [-0.25, -0.2) is 9.78 Å². The van der Waals surface area contributed by atoms with Gasteiger partial charge in [0.25, 0.3) is 5.91 Å². The molecule has 7 nitrogen and oxygen atoms in total. The van der Waals surface area contributed by atoms with Crippen molar-refractivity contribution in [2.24, 2.45) is 0 Å². The minimum absolute atomic E-state index is 0.0638.